The van der Waals surface area contributed by atoms with Gasteiger partial charge in [-0.1, -0.05) is 145 Å². The highest BCUT2D eigenvalue weighted by Crippen LogP contribution is 2.56. The summed E-state index contributed by atoms with van der Waals surface area (Å²) >= 11 is 6.98. The highest BCUT2D eigenvalue weighted by molar-refractivity contribution is 8.04. The van der Waals surface area contributed by atoms with E-state index in [1.807, 2.05) is 0 Å². The third-order valence-electron chi connectivity index (χ3n) is 24.2. The van der Waals surface area contributed by atoms with E-state index in [0.717, 1.165) is 27.7 Å². The van der Waals surface area contributed by atoms with Crippen LogP contribution in [0.3, 0.4) is 0 Å². The van der Waals surface area contributed by atoms with Crippen LogP contribution >= 0.6 is 70.1 Å². The molecule has 27 atom stereocenters. The van der Waals surface area contributed by atoms with Crippen molar-refractivity contribution in [2.45, 2.75) is 231 Å². The number of methoxy groups -OCH3 is 1. The molecule has 11 aliphatic rings. The van der Waals surface area contributed by atoms with Gasteiger partial charge in [0, 0.05) is 14.1 Å². The molecule has 6 fully saturated rings. The van der Waals surface area contributed by atoms with Gasteiger partial charge in [-0.05, 0) is 17.8 Å². The van der Waals surface area contributed by atoms with Crippen LogP contribution in [0.2, 0.25) is 0 Å². The van der Waals surface area contributed by atoms with E-state index < -0.39 is 214 Å². The number of nitrogens with one attached hydrogen (secondary N) is 3. The molecular weight excluding hydrogens is 2090 g/mol. The van der Waals surface area contributed by atoms with Crippen molar-refractivity contribution < 1.29 is 138 Å². The summed E-state index contributed by atoms with van der Waals surface area (Å²) in [6, 6.07) is -2.38. The maximum absolute atomic E-state index is 12.1. The molecular formula is C83H118N30O30S6. The van der Waals surface area contributed by atoms with Crippen LogP contribution in [0.15, 0.2) is 98.3 Å². The van der Waals surface area contributed by atoms with E-state index in [1.165, 1.54) is 75.1 Å². The molecule has 816 valence electrons. The van der Waals surface area contributed by atoms with Crippen LogP contribution < -0.4 is 108 Å². The third kappa shape index (κ3) is 23.6. The summed E-state index contributed by atoms with van der Waals surface area (Å²) in [6.45, 7) is 28.2. The van der Waals surface area contributed by atoms with Crippen LogP contribution in [0, 0.1) is 17.8 Å². The fourth-order valence-corrected chi connectivity index (χ4v) is 21.6. The van der Waals surface area contributed by atoms with Crippen molar-refractivity contribution >= 4 is 181 Å². The maximum Gasteiger partial charge on any atom is 0.323 e. The summed E-state index contributed by atoms with van der Waals surface area (Å²) in [7, 11) is 4.87. The summed E-state index contributed by atoms with van der Waals surface area (Å²) in [6.07, 6.45) is -25.7. The van der Waals surface area contributed by atoms with Gasteiger partial charge in [-0.3, -0.25) is 58.0 Å². The number of nitrogens with zero attached hydrogens (tertiary/aromatic N) is 17. The monoisotopic (exact) mass is 2210 g/mol. The highest BCUT2D eigenvalue weighted by Gasteiger charge is 2.56. The first-order chi connectivity index (χ1) is 70.3. The van der Waals surface area contributed by atoms with Gasteiger partial charge in [0.15, 0.2) is 72.1 Å². The van der Waals surface area contributed by atoms with E-state index in [-0.39, 0.29) is 95.4 Å². The van der Waals surface area contributed by atoms with Crippen molar-refractivity contribution in [3.05, 3.63) is 84.3 Å². The van der Waals surface area contributed by atoms with Crippen LogP contribution in [0.1, 0.15) is 47.8 Å². The smallest absolute Gasteiger partial charge is 0.323 e. The van der Waals surface area contributed by atoms with Gasteiger partial charge in [0.05, 0.1) is 77.7 Å². The summed E-state index contributed by atoms with van der Waals surface area (Å²) in [4.78, 5) is 117. The minimum absolute atomic E-state index is 0.00245. The average Bonchev–Trinajstić information content (AvgIpc) is 1.59. The van der Waals surface area contributed by atoms with E-state index in [4.69, 9.17) is 110 Å². The second-order valence-corrected chi connectivity index (χ2v) is 41.6. The highest BCUT2D eigenvalue weighted by atomic mass is 32.2. The standard InChI is InChI=1S/C17H26N6O5S.C16H24N6O5S.C16H23N5O6S.C12H17N5O4S.C12H16N4O5S.C10H12N4O5S/c1-6(2)9(18)16(26)27-5-8-10(24)11(25)15(28-8)23-7(3)29-12-13(20-4)21-17(19)22-14(12)23;1-5(2)8(17)15(25)26-4-7-9(23)10(24)14(27-7)22-6(3)28-11-12(18)20-16(19)21-13(11)22;1-5(2)8(17)15(25)26-4-7-9(22)10(23)14(27-7)21-6(3)28-11-12(21)19-16(18)20-13(11)24;1-4-17(11-7(20)6(19)5(3-18)21-11)10-8(22-4)9(14-2)15-12(13)16-10;1-4-16(11-7(19)6(18)5(3-17)21-11)9-8(22-4)10(20-2)15-12(13)14-9;11-9-12-1-4-7(13-9)14(10(18)20-4)8-6(17)5(16)3(2-15)19-8/h6,8-11,15,24-25H,3,5,18H2,1-2,4H3,(H3,19,20,21,22);5,7-10,14,23-24H,3-4,17H2,1-2H3,(H4,18,19,20,21);5,7-10,14,22-23H,3-4,17H2,1-2H3,(H3,18,19,20,24);5-7,11,18-20H,1,3H2,2H3,(H3,13,14,15,16);5-7,11,17-19H,1,3H2,2H3,(H2,13,14,15);1,3,5-6,8,15-17H,2H2,(H2,11,12,13)/t8-,9+,10-,11-,15-;2*7-,8+,9-,10-,14-;2*5-,6-,7-,11-;3-,5-,6-,8-/m111111/s1. The number of thioether (sulfide) groups is 5. The first kappa shape index (κ1) is 115. The first-order valence-corrected chi connectivity index (χ1v) is 50.1. The van der Waals surface area contributed by atoms with Gasteiger partial charge in [0.2, 0.25) is 41.6 Å². The molecule has 38 N–H and O–H groups in total. The first-order valence-electron chi connectivity index (χ1n) is 45.2. The summed E-state index contributed by atoms with van der Waals surface area (Å²) in [5, 5.41) is 158. The van der Waals surface area contributed by atoms with Crippen LogP contribution in [-0.4, -0.2) is 379 Å². The number of rotatable bonds is 24. The molecule has 0 saturated carbocycles. The topological polar surface area (TPSA) is 944 Å². The number of thiazole rings is 1. The number of ether oxygens (including phenoxy) is 10. The van der Waals surface area contributed by atoms with Crippen molar-refractivity contribution in [2.75, 3.05) is 136 Å². The van der Waals surface area contributed by atoms with Crippen LogP contribution in [0.4, 0.5) is 82.2 Å². The fourth-order valence-electron chi connectivity index (χ4n) is 16.0. The number of anilines is 14. The second kappa shape index (κ2) is 47.8. The van der Waals surface area contributed by atoms with E-state index >= 15 is 0 Å². The molecule has 0 unspecified atom stereocenters. The van der Waals surface area contributed by atoms with Crippen molar-refractivity contribution in [1.29, 1.82) is 0 Å². The molecule has 7 aromatic heterocycles. The molecule has 7 aromatic rings. The van der Waals surface area contributed by atoms with Gasteiger partial charge in [0.1, 0.15) is 175 Å². The molecule has 0 amide bonds. The zero-order chi connectivity index (χ0) is 109. The van der Waals surface area contributed by atoms with E-state index in [1.54, 1.807) is 65.4 Å². The summed E-state index contributed by atoms with van der Waals surface area (Å²) in [5.74, 6) is 1.07. The van der Waals surface area contributed by atoms with Crippen LogP contribution in [0.5, 0.6) is 5.88 Å². The molecule has 0 aliphatic carbocycles. The Morgan fingerprint density at radius 1 is 0.403 bits per heavy atom. The molecule has 0 bridgehead atoms. The molecule has 66 heteroatoms. The van der Waals surface area contributed by atoms with Crippen LogP contribution in [-0.2, 0) is 57.0 Å². The number of aliphatic hydroxyl groups is 15. The molecule has 18 rings (SSSR count). The van der Waals surface area contributed by atoms with Crippen molar-refractivity contribution in [3.63, 3.8) is 0 Å². The molecule has 0 aromatic carbocycles. The molecule has 60 nitrogen and oxygen atoms in total. The number of carbonyl (C=O) groups is 3. The summed E-state index contributed by atoms with van der Waals surface area (Å²) in [5.41, 5.74) is 56.8. The number of fused-ring (bicyclic) bond motifs is 6. The Labute approximate surface area is 871 Å². The number of aromatic amines is 1. The largest absolute Gasteiger partial charge is 0.480 e. The lowest BCUT2D eigenvalue weighted by Gasteiger charge is -2.28. The van der Waals surface area contributed by atoms with Gasteiger partial charge < -0.3 is 192 Å². The minimum Gasteiger partial charge on any atom is -0.480 e. The Hall–Kier alpha value is -11.1. The molecule has 0 radical (unpaired) electrons. The normalized spacial score (nSPS) is 28.9. The number of esters is 3. The van der Waals surface area contributed by atoms with Crippen molar-refractivity contribution in [3.8, 4) is 5.88 Å². The maximum atomic E-state index is 12.1. The SMILES string of the molecule is C=C1Sc2c(N)nc(N)nc2N1[C@@H]1O[C@H](COC(=O)[C@@H](N)C(C)C)[C@@H](O)[C@H]1O.C=C1Sc2c(NC)nc(N)nc2N1[C@@H]1O[C@H](CO)[C@@H](O)[C@H]1O.C=C1Sc2c(NC)nc(N)nc2N1[C@@H]1O[C@H](COC(=O)[C@@H](N)C(C)C)[C@@H](O)[C@H]1O.C=C1Sc2c(OC)nc(N)nc2N1[C@@H]1O[C@H](CO)[C@@H](O)[C@H]1O.C=C1Sc2c(nc(N)[nH]c2=O)N1[C@@H]1O[C@H](COC(=O)[C@@H](N)C(C)C)[C@@H](O)[C@H]1O.Nc1ncc2sc(=O)n([C@@H]3O[C@H](CO)[C@@H](O)[C@H]3O)c2n1. The minimum atomic E-state index is -1.37. The third-order valence-corrected chi connectivity index (χ3v) is 30.1. The van der Waals surface area contributed by atoms with Crippen molar-refractivity contribution in [1.82, 2.24) is 64.4 Å². The number of nitrogen functional groups attached to an aromatic ring is 7. The average molecular weight is 2210 g/mol. The number of hydrogen-bond acceptors (Lipinski definition) is 64. The van der Waals surface area contributed by atoms with E-state index in [9.17, 15) is 95.5 Å². The van der Waals surface area contributed by atoms with Gasteiger partial charge >= 0.3 is 22.8 Å². The predicted molar refractivity (Wildman–Crippen MR) is 540 cm³/mol. The Morgan fingerprint density at radius 3 is 1.04 bits per heavy atom. The van der Waals surface area contributed by atoms with Gasteiger partial charge in [0.25, 0.3) is 5.56 Å². The van der Waals surface area contributed by atoms with Gasteiger partial charge in [-0.2, -0.15) is 49.8 Å². The lowest BCUT2D eigenvalue weighted by atomic mass is 10.1. The predicted octanol–water partition coefficient (Wildman–Crippen LogP) is -6.98. The molecule has 18 heterocycles. The Kier molecular flexibility index (Phi) is 36.9. The molecule has 6 saturated heterocycles. The Bertz CT molecular complexity index is 6150. The van der Waals surface area contributed by atoms with E-state index in [2.05, 4.69) is 103 Å². The number of aromatic nitrogens is 13. The summed E-state index contributed by atoms with van der Waals surface area (Å²) < 4.78 is 55.9. The fraction of sp³-hybridized carbons (Fsp3) is 0.542. The number of H-pyrrole nitrogens is 1. The number of nitrogens with two attached hydrogens (primary N) is 10. The Morgan fingerprint density at radius 2 is 0.698 bits per heavy atom. The second-order valence-electron chi connectivity index (χ2n) is 35.1. The number of aliphatic hydroxyl groups excluding tert-OH is 15. The zero-order valence-electron chi connectivity index (χ0n) is 80.8. The van der Waals surface area contributed by atoms with Gasteiger partial charge in [-0.15, -0.1) is 0 Å². The Balaban J connectivity index is 0.000000150. The number of hydrogen-bond donors (Lipinski definition) is 28. The quantitative estimate of drug-likeness (QED) is 0.0197. The molecule has 0 spiro atoms. The molecule has 149 heavy (non-hydrogen) atoms. The molecule has 11 aliphatic heterocycles. The lowest BCUT2D eigenvalue weighted by Crippen LogP contribution is -2.43. The van der Waals surface area contributed by atoms with Crippen LogP contribution in [0.25, 0.3) is 10.3 Å². The lowest BCUT2D eigenvalue weighted by molar-refractivity contribution is -0.152. The van der Waals surface area contributed by atoms with Gasteiger partial charge in [-0.25, -0.2) is 4.98 Å². The van der Waals surface area contributed by atoms with E-state index in [0.29, 0.717) is 90.2 Å². The zero-order valence-corrected chi connectivity index (χ0v) is 85.7. The van der Waals surface area contributed by atoms with Crippen molar-refractivity contribution in [2.24, 2.45) is 35.0 Å². The number of carbonyl (C=O) groups excluding carboxylic acids is 3.